The lowest BCUT2D eigenvalue weighted by atomic mass is 9.83. The molecule has 0 spiro atoms. The zero-order valence-corrected chi connectivity index (χ0v) is 16.8. The number of carbonyl (C=O) groups is 2. The molecule has 9 heteroatoms. The summed E-state index contributed by atoms with van der Waals surface area (Å²) in [5.41, 5.74) is 1.28. The van der Waals surface area contributed by atoms with Crippen LogP contribution in [0, 0.1) is 5.92 Å². The first-order chi connectivity index (χ1) is 14.0. The van der Waals surface area contributed by atoms with E-state index in [-0.39, 0.29) is 17.7 Å². The summed E-state index contributed by atoms with van der Waals surface area (Å²) in [6, 6.07) is -0.487. The summed E-state index contributed by atoms with van der Waals surface area (Å²) in [7, 11) is 0. The summed E-state index contributed by atoms with van der Waals surface area (Å²) in [5, 5.41) is 16.1. The number of nitrogens with zero attached hydrogens (tertiary/aromatic N) is 4. The number of hydrogen-bond acceptors (Lipinski definition) is 6. The lowest BCUT2D eigenvalue weighted by Gasteiger charge is -2.33. The topological polar surface area (TPSA) is 122 Å². The summed E-state index contributed by atoms with van der Waals surface area (Å²) in [6.07, 6.45) is 7.89. The first kappa shape index (κ1) is 20.9. The molecule has 0 saturated heterocycles. The highest BCUT2D eigenvalue weighted by Crippen LogP contribution is 2.25. The van der Waals surface area contributed by atoms with Gasteiger partial charge >= 0.3 is 0 Å². The first-order valence-corrected chi connectivity index (χ1v) is 10.1. The van der Waals surface area contributed by atoms with Crippen molar-refractivity contribution in [3.63, 3.8) is 0 Å². The second kappa shape index (κ2) is 9.60. The van der Waals surface area contributed by atoms with Gasteiger partial charge in [0.2, 0.25) is 5.91 Å². The quantitative estimate of drug-likeness (QED) is 0.633. The Labute approximate surface area is 170 Å². The van der Waals surface area contributed by atoms with Crippen LogP contribution in [0.3, 0.4) is 0 Å². The summed E-state index contributed by atoms with van der Waals surface area (Å²) < 4.78 is 1.97. The smallest absolute Gasteiger partial charge is 0.254 e. The van der Waals surface area contributed by atoms with Gasteiger partial charge in [-0.15, -0.1) is 0 Å². The molecule has 0 aliphatic heterocycles. The van der Waals surface area contributed by atoms with Gasteiger partial charge in [0.25, 0.3) is 5.91 Å². The molecule has 3 rings (SSSR count). The van der Waals surface area contributed by atoms with Crippen LogP contribution in [0.25, 0.3) is 0 Å². The van der Waals surface area contributed by atoms with Gasteiger partial charge in [0.15, 0.2) is 0 Å². The molecule has 9 nitrogen and oxygen atoms in total. The van der Waals surface area contributed by atoms with Gasteiger partial charge in [0.05, 0.1) is 36.3 Å². The highest BCUT2D eigenvalue weighted by Gasteiger charge is 2.34. The molecule has 0 unspecified atom stereocenters. The molecule has 1 aliphatic rings. The zero-order valence-electron chi connectivity index (χ0n) is 16.8. The van der Waals surface area contributed by atoms with Crippen LogP contribution in [0.2, 0.25) is 0 Å². The predicted molar refractivity (Wildman–Crippen MR) is 106 cm³/mol. The molecule has 1 aliphatic carbocycles. The number of amides is 2. The lowest BCUT2D eigenvalue weighted by molar-refractivity contribution is -0.127. The Bertz CT molecular complexity index is 835. The van der Waals surface area contributed by atoms with Crippen LogP contribution in [0.4, 0.5) is 0 Å². The normalized spacial score (nSPS) is 21.6. The molecule has 156 valence electrons. The third-order valence-corrected chi connectivity index (χ3v) is 5.37. The molecule has 0 radical (unpaired) electrons. The van der Waals surface area contributed by atoms with Gasteiger partial charge < -0.3 is 20.3 Å². The van der Waals surface area contributed by atoms with Crippen molar-refractivity contribution < 1.29 is 14.7 Å². The Morgan fingerprint density at radius 2 is 1.97 bits per heavy atom. The van der Waals surface area contributed by atoms with Crippen molar-refractivity contribution in [3.05, 3.63) is 42.0 Å². The van der Waals surface area contributed by atoms with Gasteiger partial charge in [0.1, 0.15) is 5.82 Å². The first-order valence-electron chi connectivity index (χ1n) is 10.1. The number of aliphatic hydroxyl groups is 1. The maximum atomic E-state index is 12.6. The average molecular weight is 400 g/mol. The van der Waals surface area contributed by atoms with E-state index < -0.39 is 12.1 Å². The molecule has 0 aromatic carbocycles. The van der Waals surface area contributed by atoms with Crippen molar-refractivity contribution in [1.82, 2.24) is 30.2 Å². The van der Waals surface area contributed by atoms with E-state index in [0.717, 1.165) is 12.2 Å². The fourth-order valence-corrected chi connectivity index (χ4v) is 3.56. The van der Waals surface area contributed by atoms with Crippen molar-refractivity contribution in [2.24, 2.45) is 5.92 Å². The van der Waals surface area contributed by atoms with Crippen LogP contribution in [0.1, 0.15) is 55.0 Å². The van der Waals surface area contributed by atoms with Crippen LogP contribution in [0.5, 0.6) is 0 Å². The highest BCUT2D eigenvalue weighted by molar-refractivity contribution is 5.93. The lowest BCUT2D eigenvalue weighted by Crippen LogP contribution is -2.49. The van der Waals surface area contributed by atoms with Gasteiger partial charge in [-0.05, 0) is 26.2 Å². The minimum absolute atomic E-state index is 0.0735. The third kappa shape index (κ3) is 5.17. The number of aromatic nitrogens is 4. The molecule has 2 aromatic heterocycles. The Morgan fingerprint density at radius 3 is 2.66 bits per heavy atom. The zero-order chi connectivity index (χ0) is 20.8. The monoisotopic (exact) mass is 400 g/mol. The molecule has 29 heavy (non-hydrogen) atoms. The Kier molecular flexibility index (Phi) is 6.92. The van der Waals surface area contributed by atoms with Gasteiger partial charge in [-0.25, -0.2) is 15.0 Å². The number of imidazole rings is 1. The molecule has 0 bridgehead atoms. The van der Waals surface area contributed by atoms with Crippen LogP contribution in [0.15, 0.2) is 24.9 Å². The second-order valence-electron chi connectivity index (χ2n) is 7.29. The standard InChI is InChI=1S/C20H28N6O3/c1-3-18-22-8-14(9-23-18)20(29)25-16-7-13(5-6-17(16)27)19(28)24-11-15-10-21-12-26(15)4-2/h8-10,12-13,16-17,27H,3-7,11H2,1-2H3,(H,24,28)(H,25,29)/t13-,16+,17+/m0/s1. The van der Waals surface area contributed by atoms with Crippen molar-refractivity contribution in [2.75, 3.05) is 0 Å². The maximum Gasteiger partial charge on any atom is 0.254 e. The largest absolute Gasteiger partial charge is 0.391 e. The van der Waals surface area contributed by atoms with Crippen LogP contribution in [-0.2, 0) is 24.3 Å². The molecule has 3 N–H and O–H groups in total. The average Bonchev–Trinajstić information content (AvgIpc) is 3.21. The van der Waals surface area contributed by atoms with E-state index in [1.807, 2.05) is 18.4 Å². The summed E-state index contributed by atoms with van der Waals surface area (Å²) >= 11 is 0. The Hall–Kier alpha value is -2.81. The van der Waals surface area contributed by atoms with E-state index >= 15 is 0 Å². The van der Waals surface area contributed by atoms with Gasteiger partial charge in [0, 0.05) is 37.5 Å². The highest BCUT2D eigenvalue weighted by atomic mass is 16.3. The van der Waals surface area contributed by atoms with E-state index in [9.17, 15) is 14.7 Å². The maximum absolute atomic E-state index is 12.6. The molecule has 1 saturated carbocycles. The fourth-order valence-electron chi connectivity index (χ4n) is 3.56. The minimum atomic E-state index is -0.680. The van der Waals surface area contributed by atoms with E-state index in [1.54, 1.807) is 12.5 Å². The van der Waals surface area contributed by atoms with Crippen LogP contribution >= 0.6 is 0 Å². The molecule has 2 aromatic rings. The number of aryl methyl sites for hydroxylation is 2. The molecular formula is C20H28N6O3. The van der Waals surface area contributed by atoms with E-state index in [1.165, 1.54) is 12.4 Å². The predicted octanol–water partition coefficient (Wildman–Crippen LogP) is 0.831. The number of nitrogens with one attached hydrogen (secondary N) is 2. The molecule has 3 atom stereocenters. The van der Waals surface area contributed by atoms with Crippen molar-refractivity contribution >= 4 is 11.8 Å². The molecule has 1 fully saturated rings. The molecule has 2 heterocycles. The van der Waals surface area contributed by atoms with Crippen molar-refractivity contribution in [2.45, 2.75) is 64.8 Å². The van der Waals surface area contributed by atoms with Crippen LogP contribution < -0.4 is 10.6 Å². The SMILES string of the molecule is CCc1ncc(C(=O)N[C@@H]2C[C@@H](C(=O)NCc3cncn3CC)CC[C@H]2O)cn1. The fraction of sp³-hybridized carbons (Fsp3) is 0.550. The van der Waals surface area contributed by atoms with Gasteiger partial charge in [-0.2, -0.15) is 0 Å². The van der Waals surface area contributed by atoms with Crippen molar-refractivity contribution in [1.29, 1.82) is 0 Å². The summed E-state index contributed by atoms with van der Waals surface area (Å²) in [5.74, 6) is -0.0129. The number of carbonyl (C=O) groups excluding carboxylic acids is 2. The number of hydrogen-bond donors (Lipinski definition) is 3. The van der Waals surface area contributed by atoms with E-state index in [0.29, 0.717) is 43.6 Å². The number of rotatable bonds is 7. The van der Waals surface area contributed by atoms with E-state index in [4.69, 9.17) is 0 Å². The minimum Gasteiger partial charge on any atom is -0.391 e. The summed E-state index contributed by atoms with van der Waals surface area (Å²) in [6.45, 7) is 5.15. The summed E-state index contributed by atoms with van der Waals surface area (Å²) in [4.78, 5) is 37.5. The van der Waals surface area contributed by atoms with Gasteiger partial charge in [-0.3, -0.25) is 9.59 Å². The molecular weight excluding hydrogens is 372 g/mol. The third-order valence-electron chi connectivity index (χ3n) is 5.37. The second-order valence-corrected chi connectivity index (χ2v) is 7.29. The van der Waals surface area contributed by atoms with Crippen LogP contribution in [-0.4, -0.2) is 48.6 Å². The number of aliphatic hydroxyl groups excluding tert-OH is 1. The molecule has 2 amide bonds. The van der Waals surface area contributed by atoms with E-state index in [2.05, 4.69) is 25.6 Å². The van der Waals surface area contributed by atoms with Crippen molar-refractivity contribution in [3.8, 4) is 0 Å². The Morgan fingerprint density at radius 1 is 1.21 bits per heavy atom. The van der Waals surface area contributed by atoms with Gasteiger partial charge in [-0.1, -0.05) is 6.92 Å². The Balaban J connectivity index is 1.56.